The summed E-state index contributed by atoms with van der Waals surface area (Å²) in [4.78, 5) is 11.9. The number of fused-ring (bicyclic) bond motifs is 1. The monoisotopic (exact) mass is 512 g/mol. The zero-order chi connectivity index (χ0) is 23.6. The number of carboxylic acids is 1. The number of unbranched alkanes of at least 4 members (excludes halogenated alkanes) is 1. The standard InChI is InChI=1S/C26H29BrN2O4/c1-4-5-8-19-14-18(16-32-3)28-29(19)15-17-10-11-22-20(13-17)23(27)24(33-22)26(2)12-7-6-9-21(26)25(30)31/h6-7,9-14,21H,4-5,8,15-16H2,1-3H3,(H,30,31). The molecule has 7 heteroatoms. The highest BCUT2D eigenvalue weighted by Crippen LogP contribution is 2.45. The van der Waals surface area contributed by atoms with E-state index < -0.39 is 17.3 Å². The Kier molecular flexibility index (Phi) is 6.91. The van der Waals surface area contributed by atoms with Crippen LogP contribution in [0.5, 0.6) is 0 Å². The van der Waals surface area contributed by atoms with Gasteiger partial charge in [0.2, 0.25) is 0 Å². The summed E-state index contributed by atoms with van der Waals surface area (Å²) in [6.07, 6.45) is 10.5. The number of aryl methyl sites for hydroxylation is 1. The van der Waals surface area contributed by atoms with E-state index in [0.717, 1.165) is 46.0 Å². The number of ether oxygens (including phenoxy) is 1. The fourth-order valence-corrected chi connectivity index (χ4v) is 5.27. The van der Waals surface area contributed by atoms with Gasteiger partial charge in [-0.1, -0.05) is 43.7 Å². The molecule has 174 valence electrons. The molecule has 2 atom stereocenters. The van der Waals surface area contributed by atoms with Crippen molar-refractivity contribution in [3.05, 3.63) is 75.8 Å². The van der Waals surface area contributed by atoms with Gasteiger partial charge in [0.25, 0.3) is 0 Å². The van der Waals surface area contributed by atoms with Gasteiger partial charge < -0.3 is 14.3 Å². The van der Waals surface area contributed by atoms with Crippen molar-refractivity contribution in [2.45, 2.75) is 51.7 Å². The van der Waals surface area contributed by atoms with E-state index in [1.165, 1.54) is 5.69 Å². The molecule has 1 aliphatic rings. The summed E-state index contributed by atoms with van der Waals surface area (Å²) in [5.41, 5.74) is 3.16. The largest absolute Gasteiger partial charge is 0.481 e. The average molecular weight is 513 g/mol. The van der Waals surface area contributed by atoms with E-state index in [4.69, 9.17) is 14.3 Å². The number of allylic oxidation sites excluding steroid dienone is 3. The van der Waals surface area contributed by atoms with Gasteiger partial charge in [0.15, 0.2) is 0 Å². The molecular formula is C26H29BrN2O4. The molecule has 33 heavy (non-hydrogen) atoms. The molecule has 0 saturated carbocycles. The Bertz CT molecular complexity index is 1220. The van der Waals surface area contributed by atoms with Crippen molar-refractivity contribution in [2.24, 2.45) is 5.92 Å². The van der Waals surface area contributed by atoms with E-state index in [1.807, 2.05) is 31.2 Å². The smallest absolute Gasteiger partial charge is 0.311 e. The quantitative estimate of drug-likeness (QED) is 0.379. The summed E-state index contributed by atoms with van der Waals surface area (Å²) in [5.74, 6) is -0.965. The summed E-state index contributed by atoms with van der Waals surface area (Å²) in [7, 11) is 1.68. The van der Waals surface area contributed by atoms with E-state index in [9.17, 15) is 9.90 Å². The first-order chi connectivity index (χ1) is 15.9. The zero-order valence-electron chi connectivity index (χ0n) is 19.2. The first kappa shape index (κ1) is 23.5. The van der Waals surface area contributed by atoms with Crippen molar-refractivity contribution in [3.63, 3.8) is 0 Å². The van der Waals surface area contributed by atoms with Crippen LogP contribution in [0.2, 0.25) is 0 Å². The Hall–Kier alpha value is -2.64. The van der Waals surface area contributed by atoms with E-state index in [-0.39, 0.29) is 0 Å². The summed E-state index contributed by atoms with van der Waals surface area (Å²) >= 11 is 3.71. The predicted octanol–water partition coefficient (Wildman–Crippen LogP) is 6.01. The lowest BCUT2D eigenvalue weighted by atomic mass is 9.72. The number of furan rings is 1. The minimum atomic E-state index is -0.878. The number of nitrogens with zero attached hydrogens (tertiary/aromatic N) is 2. The van der Waals surface area contributed by atoms with Crippen LogP contribution in [0.15, 0.2) is 57.5 Å². The highest BCUT2D eigenvalue weighted by Gasteiger charge is 2.42. The maximum absolute atomic E-state index is 11.9. The second kappa shape index (κ2) is 9.69. The first-order valence-electron chi connectivity index (χ1n) is 11.2. The molecule has 2 unspecified atom stereocenters. The molecule has 0 fully saturated rings. The Morgan fingerprint density at radius 1 is 1.33 bits per heavy atom. The Morgan fingerprint density at radius 2 is 2.15 bits per heavy atom. The van der Waals surface area contributed by atoms with Crippen molar-refractivity contribution in [1.82, 2.24) is 9.78 Å². The summed E-state index contributed by atoms with van der Waals surface area (Å²) < 4.78 is 14.3. The number of hydrogen-bond acceptors (Lipinski definition) is 4. The van der Waals surface area contributed by atoms with Crippen LogP contribution in [-0.2, 0) is 34.5 Å². The van der Waals surface area contributed by atoms with Crippen LogP contribution in [0.25, 0.3) is 11.0 Å². The summed E-state index contributed by atoms with van der Waals surface area (Å²) in [5, 5.41) is 15.4. The molecule has 0 amide bonds. The molecular weight excluding hydrogens is 484 g/mol. The van der Waals surface area contributed by atoms with Gasteiger partial charge in [-0.2, -0.15) is 5.10 Å². The highest BCUT2D eigenvalue weighted by atomic mass is 79.9. The van der Waals surface area contributed by atoms with E-state index in [2.05, 4.69) is 39.7 Å². The predicted molar refractivity (Wildman–Crippen MR) is 131 cm³/mol. The van der Waals surface area contributed by atoms with Crippen LogP contribution >= 0.6 is 15.9 Å². The van der Waals surface area contributed by atoms with Crippen LogP contribution in [0.1, 0.15) is 49.4 Å². The number of benzene rings is 1. The van der Waals surface area contributed by atoms with Gasteiger partial charge in [-0.15, -0.1) is 0 Å². The third kappa shape index (κ3) is 4.57. The molecule has 3 aromatic rings. The number of carbonyl (C=O) groups is 1. The second-order valence-electron chi connectivity index (χ2n) is 8.74. The fraction of sp³-hybridized carbons (Fsp3) is 0.385. The molecule has 1 aromatic carbocycles. The molecule has 0 aliphatic heterocycles. The first-order valence-corrected chi connectivity index (χ1v) is 12.0. The lowest BCUT2D eigenvalue weighted by Crippen LogP contribution is -2.35. The van der Waals surface area contributed by atoms with Gasteiger partial charge >= 0.3 is 5.97 Å². The molecule has 0 spiro atoms. The van der Waals surface area contributed by atoms with Gasteiger partial charge in [-0.25, -0.2) is 0 Å². The SMILES string of the molecule is CCCCc1cc(COC)nn1Cc1ccc2oc(C3(C)C=CC=CC3C(=O)O)c(Br)c2c1. The summed E-state index contributed by atoms with van der Waals surface area (Å²) in [6, 6.07) is 8.21. The van der Waals surface area contributed by atoms with Gasteiger partial charge in [0.05, 0.1) is 34.7 Å². The number of methoxy groups -OCH3 is 1. The van der Waals surface area contributed by atoms with Crippen LogP contribution in [0.4, 0.5) is 0 Å². The van der Waals surface area contributed by atoms with Crippen molar-refractivity contribution in [2.75, 3.05) is 7.11 Å². The number of aromatic nitrogens is 2. The number of carboxylic acid groups (broad SMARTS) is 1. The third-order valence-corrected chi connectivity index (χ3v) is 7.06. The van der Waals surface area contributed by atoms with Crippen LogP contribution in [0, 0.1) is 5.92 Å². The average Bonchev–Trinajstić information content (AvgIpc) is 3.33. The van der Waals surface area contributed by atoms with E-state index in [0.29, 0.717) is 18.9 Å². The van der Waals surface area contributed by atoms with Crippen LogP contribution in [0.3, 0.4) is 0 Å². The fourth-order valence-electron chi connectivity index (χ4n) is 4.45. The van der Waals surface area contributed by atoms with Crippen molar-refractivity contribution < 1.29 is 19.1 Å². The highest BCUT2D eigenvalue weighted by molar-refractivity contribution is 9.10. The van der Waals surface area contributed by atoms with Crippen molar-refractivity contribution >= 4 is 32.9 Å². The van der Waals surface area contributed by atoms with Gasteiger partial charge in [0.1, 0.15) is 11.3 Å². The normalized spacial score (nSPS) is 20.1. The minimum absolute atomic E-state index is 0.493. The summed E-state index contributed by atoms with van der Waals surface area (Å²) in [6.45, 7) is 5.22. The second-order valence-corrected chi connectivity index (χ2v) is 9.53. The molecule has 2 heterocycles. The van der Waals surface area contributed by atoms with Gasteiger partial charge in [-0.05, 0) is 59.5 Å². The number of hydrogen-bond donors (Lipinski definition) is 1. The maximum Gasteiger partial charge on any atom is 0.311 e. The molecule has 0 bridgehead atoms. The van der Waals surface area contributed by atoms with E-state index >= 15 is 0 Å². The van der Waals surface area contributed by atoms with Crippen LogP contribution < -0.4 is 0 Å². The Labute approximate surface area is 202 Å². The number of halogens is 1. The zero-order valence-corrected chi connectivity index (χ0v) is 20.8. The molecule has 0 saturated heterocycles. The van der Waals surface area contributed by atoms with Gasteiger partial charge in [-0.3, -0.25) is 9.48 Å². The minimum Gasteiger partial charge on any atom is -0.481 e. The number of aliphatic carboxylic acids is 1. The maximum atomic E-state index is 11.9. The Balaban J connectivity index is 1.69. The Morgan fingerprint density at radius 3 is 2.88 bits per heavy atom. The molecule has 4 rings (SSSR count). The van der Waals surface area contributed by atoms with Crippen LogP contribution in [-0.4, -0.2) is 28.0 Å². The van der Waals surface area contributed by atoms with E-state index in [1.54, 1.807) is 19.3 Å². The van der Waals surface area contributed by atoms with Gasteiger partial charge in [0, 0.05) is 18.2 Å². The lowest BCUT2D eigenvalue weighted by molar-refractivity contribution is -0.141. The molecule has 2 aromatic heterocycles. The number of rotatable bonds is 9. The molecule has 6 nitrogen and oxygen atoms in total. The van der Waals surface area contributed by atoms with Crippen molar-refractivity contribution in [1.29, 1.82) is 0 Å². The lowest BCUT2D eigenvalue weighted by Gasteiger charge is -2.30. The van der Waals surface area contributed by atoms with Crippen molar-refractivity contribution in [3.8, 4) is 0 Å². The third-order valence-electron chi connectivity index (χ3n) is 6.28. The topological polar surface area (TPSA) is 77.5 Å². The molecule has 0 radical (unpaired) electrons. The molecule has 1 N–H and O–H groups in total. The molecule has 1 aliphatic carbocycles.